The van der Waals surface area contributed by atoms with Crippen LogP contribution in [-0.2, 0) is 0 Å². The monoisotopic (exact) mass is 420 g/mol. The van der Waals surface area contributed by atoms with E-state index in [-0.39, 0.29) is 18.0 Å². The van der Waals surface area contributed by atoms with Gasteiger partial charge in [-0.1, -0.05) is 0 Å². The van der Waals surface area contributed by atoms with Crippen LogP contribution in [0.15, 0.2) is 16.7 Å². The van der Waals surface area contributed by atoms with Crippen molar-refractivity contribution < 1.29 is 18.3 Å². The van der Waals surface area contributed by atoms with E-state index in [0.717, 1.165) is 41.4 Å². The van der Waals surface area contributed by atoms with Crippen LogP contribution in [0.5, 0.6) is 0 Å². The van der Waals surface area contributed by atoms with E-state index in [1.807, 2.05) is 6.07 Å². The summed E-state index contributed by atoms with van der Waals surface area (Å²) in [5.41, 5.74) is 1.76. The molecule has 1 unspecified atom stereocenters. The number of hydrogen-bond donors (Lipinski definition) is 2. The molecule has 3 rings (SSSR count). The smallest absolute Gasteiger partial charge is 0.391 e. The van der Waals surface area contributed by atoms with Gasteiger partial charge in [0.1, 0.15) is 0 Å². The quantitative estimate of drug-likeness (QED) is 0.775. The molecular formula is C16H20BrF3N4O. The summed E-state index contributed by atoms with van der Waals surface area (Å²) in [6, 6.07) is 1.17. The Labute approximate surface area is 151 Å². The topological polar surface area (TPSA) is 62.5 Å². The van der Waals surface area contributed by atoms with E-state index in [4.69, 9.17) is 0 Å². The lowest BCUT2D eigenvalue weighted by Crippen LogP contribution is -2.25. The molecule has 0 bridgehead atoms. The normalized spacial score (nSPS) is 23.0. The molecule has 138 valence electrons. The standard InChI is InChI=1S/C16H20BrF3N4O/c1-9(7-16(18,19)20)22-15-21-8-14-12(17)6-13(24(14)23-15)10-2-4-11(25)5-3-10/h6,8-11,25H,2-5,7H2,1H3,(H,22,23). The summed E-state index contributed by atoms with van der Waals surface area (Å²) in [5, 5.41) is 16.8. The van der Waals surface area contributed by atoms with Crippen molar-refractivity contribution >= 4 is 27.4 Å². The third-order valence-electron chi connectivity index (χ3n) is 4.52. The van der Waals surface area contributed by atoms with Crippen molar-refractivity contribution in [1.82, 2.24) is 14.6 Å². The number of fused-ring (bicyclic) bond motifs is 1. The van der Waals surface area contributed by atoms with Crippen molar-refractivity contribution in [2.45, 2.75) is 63.3 Å². The number of alkyl halides is 3. The first kappa shape index (κ1) is 18.4. The van der Waals surface area contributed by atoms with Gasteiger partial charge in [-0.2, -0.15) is 13.2 Å². The van der Waals surface area contributed by atoms with Crippen LogP contribution in [0.1, 0.15) is 50.6 Å². The highest BCUT2D eigenvalue weighted by atomic mass is 79.9. The highest BCUT2D eigenvalue weighted by molar-refractivity contribution is 9.10. The molecule has 0 aromatic carbocycles. The predicted molar refractivity (Wildman–Crippen MR) is 91.7 cm³/mol. The van der Waals surface area contributed by atoms with Gasteiger partial charge < -0.3 is 10.4 Å². The van der Waals surface area contributed by atoms with Crippen LogP contribution in [-0.4, -0.2) is 38.0 Å². The Hall–Kier alpha value is -1.35. The number of aliphatic hydroxyl groups excluding tert-OH is 1. The molecule has 1 atom stereocenters. The first-order valence-corrected chi connectivity index (χ1v) is 9.08. The lowest BCUT2D eigenvalue weighted by molar-refractivity contribution is -0.136. The van der Waals surface area contributed by atoms with Crippen LogP contribution in [0.3, 0.4) is 0 Å². The van der Waals surface area contributed by atoms with Crippen molar-refractivity contribution in [2.24, 2.45) is 0 Å². The van der Waals surface area contributed by atoms with Crippen LogP contribution in [0.2, 0.25) is 0 Å². The maximum absolute atomic E-state index is 12.5. The maximum Gasteiger partial charge on any atom is 0.391 e. The number of anilines is 1. The van der Waals surface area contributed by atoms with Gasteiger partial charge in [0.25, 0.3) is 0 Å². The minimum Gasteiger partial charge on any atom is -0.393 e. The van der Waals surface area contributed by atoms with Gasteiger partial charge in [-0.05, 0) is 54.6 Å². The molecule has 2 N–H and O–H groups in total. The summed E-state index contributed by atoms with van der Waals surface area (Å²) in [5.74, 6) is 0.432. The summed E-state index contributed by atoms with van der Waals surface area (Å²) < 4.78 is 40.1. The summed E-state index contributed by atoms with van der Waals surface area (Å²) >= 11 is 3.49. The number of halogens is 4. The number of aromatic nitrogens is 3. The third-order valence-corrected chi connectivity index (χ3v) is 5.16. The number of aliphatic hydroxyl groups is 1. The molecule has 1 aliphatic rings. The average Bonchev–Trinajstić information content (AvgIpc) is 2.83. The van der Waals surface area contributed by atoms with Crippen LogP contribution in [0.4, 0.5) is 19.1 Å². The Bertz CT molecular complexity index is 741. The van der Waals surface area contributed by atoms with E-state index in [1.54, 1.807) is 10.7 Å². The van der Waals surface area contributed by atoms with Crippen LogP contribution in [0.25, 0.3) is 5.52 Å². The summed E-state index contributed by atoms with van der Waals surface area (Å²) in [6.07, 6.45) is -0.628. The molecule has 1 saturated carbocycles. The van der Waals surface area contributed by atoms with Gasteiger partial charge in [-0.15, -0.1) is 5.10 Å². The van der Waals surface area contributed by atoms with Crippen molar-refractivity contribution in [1.29, 1.82) is 0 Å². The van der Waals surface area contributed by atoms with E-state index >= 15 is 0 Å². The fourth-order valence-corrected chi connectivity index (χ4v) is 3.83. The molecule has 2 aromatic heterocycles. The lowest BCUT2D eigenvalue weighted by atomic mass is 9.85. The maximum atomic E-state index is 12.5. The Morgan fingerprint density at radius 1 is 1.36 bits per heavy atom. The number of nitrogens with zero attached hydrogens (tertiary/aromatic N) is 3. The molecule has 1 fully saturated rings. The van der Waals surface area contributed by atoms with Gasteiger partial charge in [0.2, 0.25) is 5.95 Å². The molecule has 25 heavy (non-hydrogen) atoms. The van der Waals surface area contributed by atoms with E-state index in [1.165, 1.54) is 6.92 Å². The van der Waals surface area contributed by atoms with Crippen LogP contribution >= 0.6 is 15.9 Å². The molecular weight excluding hydrogens is 401 g/mol. The van der Waals surface area contributed by atoms with Crippen LogP contribution in [0, 0.1) is 0 Å². The molecule has 0 saturated heterocycles. The second-order valence-electron chi connectivity index (χ2n) is 6.67. The molecule has 2 heterocycles. The second-order valence-corrected chi connectivity index (χ2v) is 7.52. The summed E-state index contributed by atoms with van der Waals surface area (Å²) in [4.78, 5) is 4.13. The van der Waals surface area contributed by atoms with Gasteiger partial charge in [0.05, 0.1) is 24.2 Å². The molecule has 9 heteroatoms. The Kier molecular flexibility index (Phi) is 5.24. The van der Waals surface area contributed by atoms with E-state index in [2.05, 4.69) is 31.3 Å². The summed E-state index contributed by atoms with van der Waals surface area (Å²) in [7, 11) is 0. The Morgan fingerprint density at radius 2 is 2.04 bits per heavy atom. The molecule has 0 aliphatic heterocycles. The minimum atomic E-state index is -4.24. The van der Waals surface area contributed by atoms with Gasteiger partial charge in [0.15, 0.2) is 0 Å². The number of rotatable bonds is 4. The highest BCUT2D eigenvalue weighted by Crippen LogP contribution is 2.36. The van der Waals surface area contributed by atoms with Crippen molar-refractivity contribution in [3.63, 3.8) is 0 Å². The van der Waals surface area contributed by atoms with Gasteiger partial charge in [0, 0.05) is 22.1 Å². The van der Waals surface area contributed by atoms with Gasteiger partial charge in [-0.25, -0.2) is 9.50 Å². The molecule has 0 amide bonds. The fourth-order valence-electron chi connectivity index (χ4n) is 3.32. The minimum absolute atomic E-state index is 0.171. The summed E-state index contributed by atoms with van der Waals surface area (Å²) in [6.45, 7) is 1.45. The van der Waals surface area contributed by atoms with Crippen molar-refractivity contribution in [3.8, 4) is 0 Å². The first-order chi connectivity index (χ1) is 11.7. The Balaban J connectivity index is 1.84. The number of hydrogen-bond acceptors (Lipinski definition) is 4. The van der Waals surface area contributed by atoms with E-state index in [0.29, 0.717) is 0 Å². The van der Waals surface area contributed by atoms with Gasteiger partial charge in [-0.3, -0.25) is 0 Å². The average molecular weight is 421 g/mol. The molecule has 5 nitrogen and oxygen atoms in total. The van der Waals surface area contributed by atoms with Crippen molar-refractivity contribution in [3.05, 3.63) is 22.4 Å². The first-order valence-electron chi connectivity index (χ1n) is 8.28. The van der Waals surface area contributed by atoms with E-state index < -0.39 is 18.6 Å². The fraction of sp³-hybridized carbons (Fsp3) is 0.625. The SMILES string of the molecule is CC(CC(F)(F)F)Nc1ncc2c(Br)cc(C3CCC(O)CC3)n2n1. The number of nitrogens with one attached hydrogen (secondary N) is 1. The lowest BCUT2D eigenvalue weighted by Gasteiger charge is -2.25. The molecule has 0 radical (unpaired) electrons. The van der Waals surface area contributed by atoms with Crippen molar-refractivity contribution in [2.75, 3.05) is 5.32 Å². The Morgan fingerprint density at radius 3 is 2.68 bits per heavy atom. The molecule has 1 aliphatic carbocycles. The van der Waals surface area contributed by atoms with E-state index in [9.17, 15) is 18.3 Å². The van der Waals surface area contributed by atoms with Gasteiger partial charge >= 0.3 is 6.18 Å². The zero-order valence-electron chi connectivity index (χ0n) is 13.7. The largest absolute Gasteiger partial charge is 0.393 e. The molecule has 2 aromatic rings. The second kappa shape index (κ2) is 7.11. The third kappa shape index (κ3) is 4.44. The predicted octanol–water partition coefficient (Wildman–Crippen LogP) is 4.26. The zero-order valence-corrected chi connectivity index (χ0v) is 15.3. The zero-order chi connectivity index (χ0) is 18.2. The molecule has 0 spiro atoms. The van der Waals surface area contributed by atoms with Crippen LogP contribution < -0.4 is 5.32 Å². The highest BCUT2D eigenvalue weighted by Gasteiger charge is 2.30.